The van der Waals surface area contributed by atoms with Gasteiger partial charge >= 0.3 is 0 Å². The number of ether oxygens (including phenoxy) is 1. The van der Waals surface area contributed by atoms with Gasteiger partial charge in [-0.3, -0.25) is 0 Å². The summed E-state index contributed by atoms with van der Waals surface area (Å²) in [5.41, 5.74) is 0. The van der Waals surface area contributed by atoms with E-state index >= 15 is 0 Å². The molecular weight excluding hydrogens is 136 g/mol. The minimum absolute atomic E-state index is 0. The fourth-order valence-electron chi connectivity index (χ4n) is 2.32. The highest BCUT2D eigenvalue weighted by Crippen LogP contribution is 2.33. The molecule has 1 heteroatoms. The summed E-state index contributed by atoms with van der Waals surface area (Å²) in [6.07, 6.45) is 7.14. The van der Waals surface area contributed by atoms with E-state index in [9.17, 15) is 0 Å². The van der Waals surface area contributed by atoms with E-state index in [0.29, 0.717) is 0 Å². The smallest absolute Gasteiger partial charge is 0.0494 e. The van der Waals surface area contributed by atoms with Crippen LogP contribution in [0.3, 0.4) is 0 Å². The summed E-state index contributed by atoms with van der Waals surface area (Å²) in [4.78, 5) is 0. The van der Waals surface area contributed by atoms with E-state index in [-0.39, 0.29) is 7.43 Å². The molecule has 2 bridgehead atoms. The summed E-state index contributed by atoms with van der Waals surface area (Å²) in [5.74, 6) is 1.93. The minimum Gasteiger partial charge on any atom is -0.381 e. The van der Waals surface area contributed by atoms with E-state index in [1.807, 2.05) is 0 Å². The van der Waals surface area contributed by atoms with Crippen molar-refractivity contribution in [3.63, 3.8) is 0 Å². The van der Waals surface area contributed by atoms with Crippen molar-refractivity contribution in [3.8, 4) is 0 Å². The highest BCUT2D eigenvalue weighted by Gasteiger charge is 2.24. The zero-order valence-electron chi connectivity index (χ0n) is 7.22. The van der Waals surface area contributed by atoms with Gasteiger partial charge in [0.2, 0.25) is 0 Å². The molecule has 0 spiro atoms. The molecule has 2 rings (SSSR count). The topological polar surface area (TPSA) is 9.23 Å². The van der Waals surface area contributed by atoms with Crippen molar-refractivity contribution in [2.45, 2.75) is 32.1 Å². The molecule has 1 saturated carbocycles. The summed E-state index contributed by atoms with van der Waals surface area (Å²) in [7, 11) is 0. The molecule has 1 aliphatic heterocycles. The van der Waals surface area contributed by atoms with E-state index in [1.165, 1.54) is 32.1 Å². The molecule has 1 nitrogen and oxygen atoms in total. The van der Waals surface area contributed by atoms with Gasteiger partial charge in [0.1, 0.15) is 0 Å². The molecule has 1 heterocycles. The first-order chi connectivity index (χ1) is 4.95. The second-order valence-corrected chi connectivity index (χ2v) is 3.76. The van der Waals surface area contributed by atoms with Crippen LogP contribution in [0.4, 0.5) is 0 Å². The van der Waals surface area contributed by atoms with Gasteiger partial charge in [-0.1, -0.05) is 20.3 Å². The Bertz CT molecular complexity index is 99.4. The Kier molecular flexibility index (Phi) is 3.38. The summed E-state index contributed by atoms with van der Waals surface area (Å²) in [5, 5.41) is 0. The van der Waals surface area contributed by atoms with Crippen LogP contribution in [0.1, 0.15) is 32.1 Å². The standard InChI is InChI=1S/C9H16O.CH2/c1-2-8-4-5-10-7-9(3-1)6-8;/h8-9H,1-7H2;1H2. The quantitative estimate of drug-likeness (QED) is 0.521. The van der Waals surface area contributed by atoms with Crippen molar-refractivity contribution in [1.82, 2.24) is 0 Å². The van der Waals surface area contributed by atoms with E-state index in [2.05, 4.69) is 0 Å². The van der Waals surface area contributed by atoms with Gasteiger partial charge in [-0.05, 0) is 31.1 Å². The van der Waals surface area contributed by atoms with Gasteiger partial charge in [-0.2, -0.15) is 0 Å². The number of hydrogen-bond donors (Lipinski definition) is 0. The molecule has 1 aliphatic carbocycles. The Balaban J connectivity index is 0.000000605. The maximum absolute atomic E-state index is 5.51. The summed E-state index contributed by atoms with van der Waals surface area (Å²) in [6.45, 7) is 2.08. The summed E-state index contributed by atoms with van der Waals surface area (Å²) < 4.78 is 5.51. The molecule has 2 unspecified atom stereocenters. The van der Waals surface area contributed by atoms with Crippen LogP contribution in [0.15, 0.2) is 0 Å². The normalized spacial score (nSPS) is 37.1. The van der Waals surface area contributed by atoms with Gasteiger partial charge in [0.05, 0.1) is 0 Å². The minimum atomic E-state index is 0. The van der Waals surface area contributed by atoms with Crippen LogP contribution in [0.2, 0.25) is 0 Å². The van der Waals surface area contributed by atoms with Crippen molar-refractivity contribution in [3.05, 3.63) is 7.43 Å². The van der Waals surface area contributed by atoms with Crippen LogP contribution < -0.4 is 0 Å². The van der Waals surface area contributed by atoms with Crippen LogP contribution in [0.5, 0.6) is 0 Å². The van der Waals surface area contributed by atoms with Crippen LogP contribution in [-0.4, -0.2) is 13.2 Å². The first-order valence-corrected chi connectivity index (χ1v) is 4.53. The van der Waals surface area contributed by atoms with Crippen LogP contribution >= 0.6 is 0 Å². The van der Waals surface area contributed by atoms with Gasteiger partial charge in [0.25, 0.3) is 0 Å². The molecule has 2 aliphatic rings. The molecule has 2 radical (unpaired) electrons. The molecule has 2 atom stereocenters. The molecule has 1 saturated heterocycles. The van der Waals surface area contributed by atoms with E-state index in [4.69, 9.17) is 4.74 Å². The van der Waals surface area contributed by atoms with Crippen LogP contribution in [-0.2, 0) is 4.74 Å². The maximum atomic E-state index is 5.51. The molecular formula is C10H18O. The fraction of sp³-hybridized carbons (Fsp3) is 0.900. The molecule has 0 amide bonds. The summed E-state index contributed by atoms with van der Waals surface area (Å²) in [6, 6.07) is 0. The molecule has 64 valence electrons. The average Bonchev–Trinajstić information content (AvgIpc) is 2.12. The Morgan fingerprint density at radius 3 is 2.73 bits per heavy atom. The van der Waals surface area contributed by atoms with E-state index in [1.54, 1.807) is 0 Å². The second kappa shape index (κ2) is 4.10. The van der Waals surface area contributed by atoms with Crippen molar-refractivity contribution >= 4 is 0 Å². The molecule has 11 heavy (non-hydrogen) atoms. The molecule has 2 fully saturated rings. The van der Waals surface area contributed by atoms with Gasteiger partial charge in [0.15, 0.2) is 0 Å². The predicted octanol–water partition coefficient (Wildman–Crippen LogP) is 2.54. The van der Waals surface area contributed by atoms with Gasteiger partial charge in [-0.25, -0.2) is 0 Å². The zero-order valence-corrected chi connectivity index (χ0v) is 7.22. The average molecular weight is 154 g/mol. The van der Waals surface area contributed by atoms with Crippen molar-refractivity contribution < 1.29 is 4.74 Å². The Labute approximate surface area is 70.1 Å². The molecule has 0 N–H and O–H groups in total. The first kappa shape index (κ1) is 9.05. The monoisotopic (exact) mass is 154 g/mol. The molecule has 0 aromatic rings. The Hall–Kier alpha value is -0.0400. The lowest BCUT2D eigenvalue weighted by Crippen LogP contribution is -2.15. The fourth-order valence-corrected chi connectivity index (χ4v) is 2.32. The largest absolute Gasteiger partial charge is 0.381 e. The number of fused-ring (bicyclic) bond motifs is 2. The number of rotatable bonds is 0. The van der Waals surface area contributed by atoms with Crippen molar-refractivity contribution in [2.75, 3.05) is 13.2 Å². The lowest BCUT2D eigenvalue weighted by molar-refractivity contribution is 0.113. The predicted molar refractivity (Wildman–Crippen MR) is 46.2 cm³/mol. The zero-order chi connectivity index (χ0) is 6.81. The lowest BCUT2D eigenvalue weighted by Gasteiger charge is -2.24. The Morgan fingerprint density at radius 1 is 1.00 bits per heavy atom. The SMILES string of the molecule is C1CC2CCOCC(C1)C2.[CH2]. The molecule has 0 aromatic carbocycles. The summed E-state index contributed by atoms with van der Waals surface area (Å²) >= 11 is 0. The highest BCUT2D eigenvalue weighted by atomic mass is 16.5. The maximum Gasteiger partial charge on any atom is 0.0494 e. The Morgan fingerprint density at radius 2 is 1.82 bits per heavy atom. The van der Waals surface area contributed by atoms with E-state index in [0.717, 1.165) is 25.0 Å². The lowest BCUT2D eigenvalue weighted by atomic mass is 9.81. The van der Waals surface area contributed by atoms with Crippen molar-refractivity contribution in [1.29, 1.82) is 0 Å². The molecule has 0 aromatic heterocycles. The van der Waals surface area contributed by atoms with Gasteiger partial charge in [0, 0.05) is 13.2 Å². The van der Waals surface area contributed by atoms with E-state index < -0.39 is 0 Å². The third-order valence-corrected chi connectivity index (χ3v) is 2.92. The van der Waals surface area contributed by atoms with Gasteiger partial charge < -0.3 is 4.74 Å². The van der Waals surface area contributed by atoms with Crippen molar-refractivity contribution in [2.24, 2.45) is 11.8 Å². The third-order valence-electron chi connectivity index (χ3n) is 2.92. The van der Waals surface area contributed by atoms with Gasteiger partial charge in [-0.15, -0.1) is 0 Å². The number of hydrogen-bond acceptors (Lipinski definition) is 1. The second-order valence-electron chi connectivity index (χ2n) is 3.76. The third kappa shape index (κ3) is 2.19. The van der Waals surface area contributed by atoms with Crippen LogP contribution in [0, 0.1) is 19.3 Å². The van der Waals surface area contributed by atoms with Crippen LogP contribution in [0.25, 0.3) is 0 Å². The highest BCUT2D eigenvalue weighted by molar-refractivity contribution is 4.75. The first-order valence-electron chi connectivity index (χ1n) is 4.53.